The lowest BCUT2D eigenvalue weighted by atomic mass is 10.1. The van der Waals surface area contributed by atoms with Gasteiger partial charge in [0.2, 0.25) is 0 Å². The minimum absolute atomic E-state index is 0.765. The second-order valence-electron chi connectivity index (χ2n) is 6.82. The topological polar surface area (TPSA) is 48.4 Å². The lowest BCUT2D eigenvalue weighted by Gasteiger charge is -2.22. The summed E-state index contributed by atoms with van der Waals surface area (Å²) in [6.07, 6.45) is 5.11. The fourth-order valence-electron chi connectivity index (χ4n) is 3.24. The Morgan fingerprint density at radius 3 is 2.88 bits per heavy atom. The highest BCUT2D eigenvalue weighted by molar-refractivity contribution is 5.84. The highest BCUT2D eigenvalue weighted by Crippen LogP contribution is 2.20. The number of aromatic amines is 1. The summed E-state index contributed by atoms with van der Waals surface area (Å²) in [4.78, 5) is 10.4. The summed E-state index contributed by atoms with van der Waals surface area (Å²) in [6, 6.07) is 10.8. The van der Waals surface area contributed by atoms with E-state index in [4.69, 9.17) is 4.99 Å². The number of rotatable bonds is 6. The first-order valence-electron chi connectivity index (χ1n) is 9.24. The molecule has 0 aliphatic rings. The zero-order valence-corrected chi connectivity index (χ0v) is 16.2. The van der Waals surface area contributed by atoms with Crippen LogP contribution >= 0.6 is 0 Å². The largest absolute Gasteiger partial charge is 0.361 e. The molecule has 3 rings (SSSR count). The molecule has 0 radical (unpaired) electrons. The normalized spacial score (nSPS) is 11.9. The zero-order chi connectivity index (χ0) is 18.5. The van der Waals surface area contributed by atoms with Crippen molar-refractivity contribution in [2.75, 3.05) is 20.1 Å². The Balaban J connectivity index is 1.67. The second-order valence-corrected chi connectivity index (χ2v) is 6.82. The Labute approximate surface area is 155 Å². The smallest absolute Gasteiger partial charge is 0.194 e. The van der Waals surface area contributed by atoms with Gasteiger partial charge in [-0.1, -0.05) is 12.1 Å². The van der Waals surface area contributed by atoms with Crippen LogP contribution in [0.4, 0.5) is 0 Å². The molecule has 1 aromatic carbocycles. The van der Waals surface area contributed by atoms with E-state index in [0.29, 0.717) is 0 Å². The van der Waals surface area contributed by atoms with Gasteiger partial charge in [0.25, 0.3) is 0 Å². The van der Waals surface area contributed by atoms with Gasteiger partial charge in [0, 0.05) is 56.2 Å². The molecule has 138 valence electrons. The predicted molar refractivity (Wildman–Crippen MR) is 110 cm³/mol. The molecule has 0 bridgehead atoms. The van der Waals surface area contributed by atoms with Gasteiger partial charge in [-0.05, 0) is 49.6 Å². The highest BCUT2D eigenvalue weighted by atomic mass is 15.3. The molecule has 0 aliphatic heterocycles. The third kappa shape index (κ3) is 4.10. The molecular formula is C21H29N5. The van der Waals surface area contributed by atoms with Crippen LogP contribution in [0.25, 0.3) is 10.9 Å². The van der Waals surface area contributed by atoms with E-state index in [-0.39, 0.29) is 0 Å². The number of benzene rings is 1. The number of hydrogen-bond donors (Lipinski definition) is 2. The summed E-state index contributed by atoms with van der Waals surface area (Å²) in [5.41, 5.74) is 5.08. The maximum absolute atomic E-state index is 4.83. The van der Waals surface area contributed by atoms with Gasteiger partial charge in [-0.2, -0.15) is 0 Å². The minimum atomic E-state index is 0.765. The van der Waals surface area contributed by atoms with Crippen LogP contribution in [0.2, 0.25) is 0 Å². The summed E-state index contributed by atoms with van der Waals surface area (Å²) >= 11 is 0. The summed E-state index contributed by atoms with van der Waals surface area (Å²) in [7, 11) is 4.16. The Kier molecular flexibility index (Phi) is 5.66. The molecule has 5 nitrogen and oxygen atoms in total. The lowest BCUT2D eigenvalue weighted by Crippen LogP contribution is -2.39. The van der Waals surface area contributed by atoms with Crippen LogP contribution in [0, 0.1) is 6.92 Å². The van der Waals surface area contributed by atoms with Crippen LogP contribution in [0.1, 0.15) is 23.7 Å². The van der Waals surface area contributed by atoms with Crippen LogP contribution in [-0.2, 0) is 20.0 Å². The fourth-order valence-corrected chi connectivity index (χ4v) is 3.24. The van der Waals surface area contributed by atoms with Crippen molar-refractivity contribution in [3.8, 4) is 0 Å². The fraction of sp³-hybridized carbons (Fsp3) is 0.381. The molecule has 0 unspecified atom stereocenters. The Bertz CT molecular complexity index is 887. The van der Waals surface area contributed by atoms with E-state index in [0.717, 1.165) is 32.0 Å². The summed E-state index contributed by atoms with van der Waals surface area (Å²) in [5, 5.41) is 4.70. The Morgan fingerprint density at radius 2 is 2.15 bits per heavy atom. The van der Waals surface area contributed by atoms with Crippen LogP contribution in [0.15, 0.2) is 47.7 Å². The van der Waals surface area contributed by atoms with Gasteiger partial charge < -0.3 is 19.8 Å². The average molecular weight is 351 g/mol. The van der Waals surface area contributed by atoms with Crippen LogP contribution in [-0.4, -0.2) is 40.5 Å². The summed E-state index contributed by atoms with van der Waals surface area (Å²) in [6.45, 7) is 6.69. The van der Waals surface area contributed by atoms with Crippen molar-refractivity contribution in [2.45, 2.75) is 26.8 Å². The van der Waals surface area contributed by atoms with E-state index in [1.165, 1.54) is 27.7 Å². The van der Waals surface area contributed by atoms with Gasteiger partial charge in [0.15, 0.2) is 5.96 Å². The third-order valence-electron chi connectivity index (χ3n) is 4.71. The number of nitrogens with zero attached hydrogens (tertiary/aromatic N) is 3. The second kappa shape index (κ2) is 8.13. The zero-order valence-electron chi connectivity index (χ0n) is 16.2. The van der Waals surface area contributed by atoms with Crippen molar-refractivity contribution in [1.29, 1.82) is 0 Å². The van der Waals surface area contributed by atoms with Crippen LogP contribution in [0.5, 0.6) is 0 Å². The van der Waals surface area contributed by atoms with E-state index in [1.807, 2.05) is 0 Å². The number of H-pyrrole nitrogens is 1. The van der Waals surface area contributed by atoms with Crippen molar-refractivity contribution >= 4 is 16.9 Å². The lowest BCUT2D eigenvalue weighted by molar-refractivity contribution is 0.462. The molecule has 0 saturated heterocycles. The van der Waals surface area contributed by atoms with E-state index in [9.17, 15) is 0 Å². The van der Waals surface area contributed by atoms with Crippen molar-refractivity contribution < 1.29 is 0 Å². The number of guanidine groups is 1. The molecule has 5 heteroatoms. The predicted octanol–water partition coefficient (Wildman–Crippen LogP) is 3.45. The van der Waals surface area contributed by atoms with Gasteiger partial charge in [-0.15, -0.1) is 0 Å². The Morgan fingerprint density at radius 1 is 1.31 bits per heavy atom. The maximum Gasteiger partial charge on any atom is 0.194 e. The standard InChI is InChI=1S/C21H29N5/c1-5-22-21(26(4)15-18-7-6-12-25(18)3)23-11-10-17-14-24-20-13-16(2)8-9-19(17)20/h6-9,12-14,24H,5,10-11,15H2,1-4H3,(H,22,23). The van der Waals surface area contributed by atoms with Crippen molar-refractivity contribution in [1.82, 2.24) is 19.8 Å². The molecule has 2 N–H and O–H groups in total. The maximum atomic E-state index is 4.83. The van der Waals surface area contributed by atoms with Gasteiger partial charge in [-0.3, -0.25) is 4.99 Å². The monoisotopic (exact) mass is 351 g/mol. The van der Waals surface area contributed by atoms with Gasteiger partial charge in [-0.25, -0.2) is 0 Å². The van der Waals surface area contributed by atoms with E-state index >= 15 is 0 Å². The first-order valence-corrected chi connectivity index (χ1v) is 9.24. The number of aryl methyl sites for hydroxylation is 2. The molecule has 0 spiro atoms. The summed E-state index contributed by atoms with van der Waals surface area (Å²) < 4.78 is 2.15. The van der Waals surface area contributed by atoms with Crippen LogP contribution < -0.4 is 5.32 Å². The molecule has 3 aromatic rings. The molecular weight excluding hydrogens is 322 g/mol. The number of hydrogen-bond acceptors (Lipinski definition) is 1. The van der Waals surface area contributed by atoms with Gasteiger partial charge in [0.05, 0.1) is 6.54 Å². The number of aliphatic imine (C=N–C) groups is 1. The molecule has 0 amide bonds. The quantitative estimate of drug-likeness (QED) is 0.528. The van der Waals surface area contributed by atoms with E-state index in [2.05, 4.69) is 90.4 Å². The number of aromatic nitrogens is 2. The van der Waals surface area contributed by atoms with Gasteiger partial charge in [0.1, 0.15) is 0 Å². The van der Waals surface area contributed by atoms with Crippen molar-refractivity contribution in [3.05, 3.63) is 59.5 Å². The minimum Gasteiger partial charge on any atom is -0.361 e. The molecule has 2 heterocycles. The average Bonchev–Trinajstić information content (AvgIpc) is 3.20. The van der Waals surface area contributed by atoms with Gasteiger partial charge >= 0.3 is 0 Å². The highest BCUT2D eigenvalue weighted by Gasteiger charge is 2.09. The number of nitrogens with one attached hydrogen (secondary N) is 2. The molecule has 0 atom stereocenters. The SMILES string of the molecule is CCNC(=NCCc1c[nH]c2cc(C)ccc12)N(C)Cc1cccn1C. The van der Waals surface area contributed by atoms with Crippen molar-refractivity contribution in [3.63, 3.8) is 0 Å². The van der Waals surface area contributed by atoms with E-state index < -0.39 is 0 Å². The number of fused-ring (bicyclic) bond motifs is 1. The molecule has 2 aromatic heterocycles. The first-order chi connectivity index (χ1) is 12.6. The molecule has 0 fully saturated rings. The molecule has 0 saturated carbocycles. The van der Waals surface area contributed by atoms with Crippen molar-refractivity contribution in [2.24, 2.45) is 12.0 Å². The molecule has 0 aliphatic carbocycles. The summed E-state index contributed by atoms with van der Waals surface area (Å²) in [5.74, 6) is 0.949. The first kappa shape index (κ1) is 18.1. The van der Waals surface area contributed by atoms with Crippen LogP contribution in [0.3, 0.4) is 0 Å². The van der Waals surface area contributed by atoms with E-state index in [1.54, 1.807) is 0 Å². The third-order valence-corrected chi connectivity index (χ3v) is 4.71. The molecule has 26 heavy (non-hydrogen) atoms. The Hall–Kier alpha value is -2.69.